The van der Waals surface area contributed by atoms with E-state index in [9.17, 15) is 0 Å². The van der Waals surface area contributed by atoms with E-state index in [1.165, 1.54) is 11.1 Å². The molecule has 0 bridgehead atoms. The van der Waals surface area contributed by atoms with E-state index in [-0.39, 0.29) is 12.4 Å². The normalized spacial score (nSPS) is 18.6. The Hall–Kier alpha value is -0.0500. The molecule has 1 aliphatic heterocycles. The highest BCUT2D eigenvalue weighted by atomic mass is 35.5. The topological polar surface area (TPSA) is 35.2 Å². The molecule has 0 atom stereocenters. The Morgan fingerprint density at radius 3 is 2.70 bits per heavy atom. The third-order valence-corrected chi connectivity index (χ3v) is 1.75. The molecule has 0 amide bonds. The van der Waals surface area contributed by atoms with Crippen molar-refractivity contribution in [3.05, 3.63) is 11.1 Å². The predicted molar refractivity (Wildman–Crippen MR) is 44.4 cm³/mol. The molecule has 1 aliphatic rings. The summed E-state index contributed by atoms with van der Waals surface area (Å²) in [6.45, 7) is 4.41. The monoisotopic (exact) mass is 163 g/mol. The molecule has 2 nitrogen and oxygen atoms in total. The van der Waals surface area contributed by atoms with Gasteiger partial charge in [-0.3, -0.25) is 0 Å². The van der Waals surface area contributed by atoms with Crippen LogP contribution < -0.4 is 5.73 Å². The van der Waals surface area contributed by atoms with E-state index in [0.717, 1.165) is 19.6 Å². The van der Waals surface area contributed by atoms with Crippen molar-refractivity contribution in [3.63, 3.8) is 0 Å². The van der Waals surface area contributed by atoms with E-state index < -0.39 is 0 Å². The van der Waals surface area contributed by atoms with E-state index in [0.29, 0.717) is 6.54 Å². The molecule has 60 valence electrons. The van der Waals surface area contributed by atoms with Crippen molar-refractivity contribution in [2.45, 2.75) is 13.3 Å². The van der Waals surface area contributed by atoms with Crippen molar-refractivity contribution in [1.82, 2.24) is 0 Å². The molecule has 0 saturated carbocycles. The highest BCUT2D eigenvalue weighted by Crippen LogP contribution is 2.12. The van der Waals surface area contributed by atoms with Gasteiger partial charge in [-0.1, -0.05) is 5.57 Å². The zero-order chi connectivity index (χ0) is 6.69. The van der Waals surface area contributed by atoms with Crippen molar-refractivity contribution >= 4 is 12.4 Å². The van der Waals surface area contributed by atoms with Gasteiger partial charge in [-0.25, -0.2) is 0 Å². The Bertz CT molecular complexity index is 134. The summed E-state index contributed by atoms with van der Waals surface area (Å²) >= 11 is 0. The number of hydrogen-bond acceptors (Lipinski definition) is 2. The molecule has 0 fully saturated rings. The number of ether oxygens (including phenoxy) is 1. The van der Waals surface area contributed by atoms with Gasteiger partial charge in [0.25, 0.3) is 0 Å². The summed E-state index contributed by atoms with van der Waals surface area (Å²) in [5, 5.41) is 0. The van der Waals surface area contributed by atoms with Gasteiger partial charge in [0.05, 0.1) is 13.2 Å². The lowest BCUT2D eigenvalue weighted by molar-refractivity contribution is 0.145. The summed E-state index contributed by atoms with van der Waals surface area (Å²) in [5.74, 6) is 0. The van der Waals surface area contributed by atoms with Crippen LogP contribution in [0, 0.1) is 0 Å². The molecule has 0 saturated heterocycles. The number of nitrogens with two attached hydrogens (primary N) is 1. The number of halogens is 1. The summed E-state index contributed by atoms with van der Waals surface area (Å²) < 4.78 is 5.21. The molecular weight excluding hydrogens is 150 g/mol. The Labute approximate surface area is 67.8 Å². The molecule has 0 unspecified atom stereocenters. The molecule has 3 heteroatoms. The van der Waals surface area contributed by atoms with Crippen molar-refractivity contribution in [3.8, 4) is 0 Å². The highest BCUT2D eigenvalue weighted by Gasteiger charge is 2.06. The average molecular weight is 164 g/mol. The first-order chi connectivity index (χ1) is 4.34. The molecule has 0 aromatic heterocycles. The zero-order valence-electron chi connectivity index (χ0n) is 6.22. The number of hydrogen-bond donors (Lipinski definition) is 1. The smallest absolute Gasteiger partial charge is 0.0691 e. The molecule has 0 aromatic carbocycles. The van der Waals surface area contributed by atoms with Crippen molar-refractivity contribution in [1.29, 1.82) is 0 Å². The van der Waals surface area contributed by atoms with E-state index in [1.807, 2.05) is 0 Å². The fourth-order valence-corrected chi connectivity index (χ4v) is 0.954. The summed E-state index contributed by atoms with van der Waals surface area (Å²) in [7, 11) is 0. The maximum absolute atomic E-state index is 5.46. The Morgan fingerprint density at radius 2 is 2.30 bits per heavy atom. The molecule has 0 spiro atoms. The van der Waals surface area contributed by atoms with Gasteiger partial charge in [0, 0.05) is 6.54 Å². The first-order valence-corrected chi connectivity index (χ1v) is 3.30. The van der Waals surface area contributed by atoms with Gasteiger partial charge in [-0.15, -0.1) is 12.4 Å². The highest BCUT2D eigenvalue weighted by molar-refractivity contribution is 5.85. The minimum Gasteiger partial charge on any atom is -0.377 e. The second kappa shape index (κ2) is 4.72. The molecular formula is C7H14ClNO. The molecule has 0 aliphatic carbocycles. The number of rotatable bonds is 1. The first kappa shape index (κ1) is 9.95. The lowest BCUT2D eigenvalue weighted by atomic mass is 10.1. The third-order valence-electron chi connectivity index (χ3n) is 1.75. The fraction of sp³-hybridized carbons (Fsp3) is 0.714. The van der Waals surface area contributed by atoms with Crippen LogP contribution in [0.25, 0.3) is 0 Å². The van der Waals surface area contributed by atoms with Gasteiger partial charge in [-0.05, 0) is 18.9 Å². The average Bonchev–Trinajstić information content (AvgIpc) is 1.89. The summed E-state index contributed by atoms with van der Waals surface area (Å²) in [6, 6.07) is 0. The van der Waals surface area contributed by atoms with Gasteiger partial charge in [0.1, 0.15) is 0 Å². The quantitative estimate of drug-likeness (QED) is 0.588. The van der Waals surface area contributed by atoms with E-state index in [2.05, 4.69) is 6.92 Å². The van der Waals surface area contributed by atoms with Crippen LogP contribution >= 0.6 is 12.4 Å². The summed E-state index contributed by atoms with van der Waals surface area (Å²) in [5.41, 5.74) is 8.15. The first-order valence-electron chi connectivity index (χ1n) is 3.30. The minimum atomic E-state index is 0. The lowest BCUT2D eigenvalue weighted by Gasteiger charge is -2.16. The molecule has 0 aromatic rings. The van der Waals surface area contributed by atoms with Crippen LogP contribution in [0.2, 0.25) is 0 Å². The fourth-order valence-electron chi connectivity index (χ4n) is 0.954. The Balaban J connectivity index is 0.000000810. The lowest BCUT2D eigenvalue weighted by Crippen LogP contribution is -2.16. The summed E-state index contributed by atoms with van der Waals surface area (Å²) in [4.78, 5) is 0. The van der Waals surface area contributed by atoms with Crippen LogP contribution in [0.5, 0.6) is 0 Å². The standard InChI is InChI=1S/C7H13NO.ClH/c1-6-2-3-9-5-7(6)4-8;/h2-5,8H2,1H3;1H. The van der Waals surface area contributed by atoms with Gasteiger partial charge in [0.2, 0.25) is 0 Å². The van der Waals surface area contributed by atoms with Gasteiger partial charge >= 0.3 is 0 Å². The van der Waals surface area contributed by atoms with Crippen LogP contribution in [-0.4, -0.2) is 19.8 Å². The summed E-state index contributed by atoms with van der Waals surface area (Å²) in [6.07, 6.45) is 1.06. The minimum absolute atomic E-state index is 0. The van der Waals surface area contributed by atoms with Gasteiger partial charge in [-0.2, -0.15) is 0 Å². The van der Waals surface area contributed by atoms with Crippen LogP contribution in [0.1, 0.15) is 13.3 Å². The van der Waals surface area contributed by atoms with Crippen LogP contribution in [0.15, 0.2) is 11.1 Å². The van der Waals surface area contributed by atoms with Gasteiger partial charge < -0.3 is 10.5 Å². The van der Waals surface area contributed by atoms with Crippen molar-refractivity contribution in [2.75, 3.05) is 19.8 Å². The second-order valence-corrected chi connectivity index (χ2v) is 2.39. The zero-order valence-corrected chi connectivity index (χ0v) is 7.04. The molecule has 10 heavy (non-hydrogen) atoms. The van der Waals surface area contributed by atoms with E-state index >= 15 is 0 Å². The van der Waals surface area contributed by atoms with Crippen molar-refractivity contribution in [2.24, 2.45) is 5.73 Å². The Morgan fingerprint density at radius 1 is 1.60 bits per heavy atom. The maximum atomic E-state index is 5.46. The van der Waals surface area contributed by atoms with E-state index in [4.69, 9.17) is 10.5 Å². The molecule has 1 heterocycles. The van der Waals surface area contributed by atoms with E-state index in [1.54, 1.807) is 0 Å². The Kier molecular flexibility index (Phi) is 4.69. The molecule has 2 N–H and O–H groups in total. The molecule has 1 rings (SSSR count). The largest absolute Gasteiger partial charge is 0.377 e. The molecule has 0 radical (unpaired) electrons. The maximum Gasteiger partial charge on any atom is 0.0691 e. The van der Waals surface area contributed by atoms with Crippen LogP contribution in [0.3, 0.4) is 0 Å². The second-order valence-electron chi connectivity index (χ2n) is 2.39. The SMILES string of the molecule is CC1=C(CN)COCC1.Cl. The third kappa shape index (κ3) is 2.29. The van der Waals surface area contributed by atoms with Crippen LogP contribution in [-0.2, 0) is 4.74 Å². The van der Waals surface area contributed by atoms with Gasteiger partial charge in [0.15, 0.2) is 0 Å². The van der Waals surface area contributed by atoms with Crippen LogP contribution in [0.4, 0.5) is 0 Å². The predicted octanol–water partition coefficient (Wildman–Crippen LogP) is 1.10. The van der Waals surface area contributed by atoms with Crippen molar-refractivity contribution < 1.29 is 4.74 Å².